The van der Waals surface area contributed by atoms with Crippen molar-refractivity contribution in [1.82, 2.24) is 0 Å². The van der Waals surface area contributed by atoms with E-state index in [9.17, 15) is 0 Å². The molecule has 4 aliphatic rings. The average Bonchev–Trinajstić information content (AvgIpc) is 3.31. The summed E-state index contributed by atoms with van der Waals surface area (Å²) in [6.07, 6.45) is 8.72. The lowest BCUT2D eigenvalue weighted by Gasteiger charge is -2.57. The van der Waals surface area contributed by atoms with Crippen molar-refractivity contribution in [3.63, 3.8) is 0 Å². The normalized spacial score (nSPS) is 20.3. The molecule has 0 spiro atoms. The number of benzene rings is 9. The molecular weight excluding hydrogens is 735 g/mol. The van der Waals surface area contributed by atoms with E-state index >= 15 is 0 Å². The van der Waals surface area contributed by atoms with Gasteiger partial charge in [-0.3, -0.25) is 0 Å². The molecule has 61 heavy (non-hydrogen) atoms. The monoisotopic (exact) mass is 783 g/mol. The number of anilines is 3. The largest absolute Gasteiger partial charge is 0.310 e. The highest BCUT2D eigenvalue weighted by Crippen LogP contribution is 2.60. The molecule has 0 aliphatic heterocycles. The summed E-state index contributed by atoms with van der Waals surface area (Å²) in [6, 6.07) is 76.6. The lowest BCUT2D eigenvalue weighted by Crippen LogP contribution is -2.48. The van der Waals surface area contributed by atoms with Gasteiger partial charge in [-0.15, -0.1) is 0 Å². The highest BCUT2D eigenvalue weighted by molar-refractivity contribution is 5.99. The Bertz CT molecular complexity index is 2880. The van der Waals surface area contributed by atoms with Crippen molar-refractivity contribution in [3.8, 4) is 44.5 Å². The Hall–Kier alpha value is -6.70. The first-order valence-electron chi connectivity index (χ1n) is 22.4. The summed E-state index contributed by atoms with van der Waals surface area (Å²) in [6.45, 7) is 0. The molecule has 4 fully saturated rings. The summed E-state index contributed by atoms with van der Waals surface area (Å²) < 4.78 is 0. The Balaban J connectivity index is 0.875. The zero-order chi connectivity index (χ0) is 40.3. The van der Waals surface area contributed by atoms with E-state index in [2.05, 4.69) is 211 Å². The highest BCUT2D eigenvalue weighted by Gasteiger charge is 2.51. The van der Waals surface area contributed by atoms with Crippen LogP contribution in [0.3, 0.4) is 0 Å². The summed E-state index contributed by atoms with van der Waals surface area (Å²) in [4.78, 5) is 2.41. The molecule has 294 valence electrons. The number of hydrogen-bond acceptors (Lipinski definition) is 1. The standard InChI is InChI=1S/C60H49N/c1-3-17-56-48(9-1)11-7-19-58(56)50-13-5-15-54(36-50)61(55-16-6-14-51(37-55)59-20-8-12-49-10-2-4-18-57(49)59)53-31-27-47(28-32-53)45-23-21-44(22-24-45)46-25-29-52(30-26-46)60-38-41-33-42(39-60)35-43(34-41)40-60/h1-32,36-37,41-43H,33-35,38-40H2. The van der Waals surface area contributed by atoms with Crippen molar-refractivity contribution in [3.05, 3.63) is 212 Å². The van der Waals surface area contributed by atoms with Crippen LogP contribution in [0.1, 0.15) is 44.1 Å². The van der Waals surface area contributed by atoms with Crippen LogP contribution in [0.4, 0.5) is 17.1 Å². The SMILES string of the molecule is c1cc(-c2cccc3ccccc23)cc(N(c2ccc(-c3ccc(-c4ccc(C56CC7CC(CC(C7)C5)C6)cc4)cc3)cc2)c2cccc(-c3cccc4ccccc34)c2)c1. The molecular formula is C60H49N. The van der Waals surface area contributed by atoms with E-state index in [4.69, 9.17) is 0 Å². The molecule has 13 rings (SSSR count). The maximum Gasteiger partial charge on any atom is 0.0467 e. The van der Waals surface area contributed by atoms with Crippen molar-refractivity contribution >= 4 is 38.6 Å². The Kier molecular flexibility index (Phi) is 8.77. The molecule has 9 aromatic carbocycles. The van der Waals surface area contributed by atoms with Crippen molar-refractivity contribution in [2.45, 2.75) is 43.9 Å². The zero-order valence-electron chi connectivity index (χ0n) is 34.6. The van der Waals surface area contributed by atoms with Gasteiger partial charge in [-0.25, -0.2) is 0 Å². The summed E-state index contributed by atoms with van der Waals surface area (Å²) >= 11 is 0. The summed E-state index contributed by atoms with van der Waals surface area (Å²) in [7, 11) is 0. The molecule has 0 heterocycles. The molecule has 4 bridgehead atoms. The Morgan fingerprint density at radius 1 is 0.328 bits per heavy atom. The Labute approximate surface area is 360 Å². The Morgan fingerprint density at radius 2 is 0.721 bits per heavy atom. The van der Waals surface area contributed by atoms with E-state index in [0.717, 1.165) is 34.8 Å². The van der Waals surface area contributed by atoms with Crippen molar-refractivity contribution in [1.29, 1.82) is 0 Å². The average molecular weight is 784 g/mol. The second-order valence-corrected chi connectivity index (χ2v) is 18.4. The van der Waals surface area contributed by atoms with E-state index < -0.39 is 0 Å². The second-order valence-electron chi connectivity index (χ2n) is 18.4. The van der Waals surface area contributed by atoms with E-state index in [1.54, 1.807) is 5.56 Å². The molecule has 0 amide bonds. The van der Waals surface area contributed by atoms with Gasteiger partial charge in [-0.05, 0) is 170 Å². The van der Waals surface area contributed by atoms with Gasteiger partial charge in [0.15, 0.2) is 0 Å². The van der Waals surface area contributed by atoms with Crippen LogP contribution in [0, 0.1) is 17.8 Å². The van der Waals surface area contributed by atoms with Gasteiger partial charge in [-0.1, -0.05) is 170 Å². The van der Waals surface area contributed by atoms with Crippen LogP contribution in [-0.2, 0) is 5.41 Å². The lowest BCUT2D eigenvalue weighted by atomic mass is 9.48. The molecule has 1 nitrogen and oxygen atoms in total. The van der Waals surface area contributed by atoms with Gasteiger partial charge in [0.25, 0.3) is 0 Å². The van der Waals surface area contributed by atoms with Crippen molar-refractivity contribution < 1.29 is 0 Å². The van der Waals surface area contributed by atoms with Gasteiger partial charge in [0.2, 0.25) is 0 Å². The fraction of sp³-hybridized carbons (Fsp3) is 0.167. The minimum absolute atomic E-state index is 0.443. The molecule has 1 heteroatoms. The molecule has 0 aromatic heterocycles. The summed E-state index contributed by atoms with van der Waals surface area (Å²) in [5.74, 6) is 2.90. The van der Waals surface area contributed by atoms with Gasteiger partial charge in [0, 0.05) is 17.1 Å². The van der Waals surface area contributed by atoms with E-state index in [1.165, 1.54) is 105 Å². The van der Waals surface area contributed by atoms with Crippen LogP contribution in [0.5, 0.6) is 0 Å². The first kappa shape index (κ1) is 36.2. The molecule has 0 saturated heterocycles. The van der Waals surface area contributed by atoms with Crippen LogP contribution in [-0.4, -0.2) is 0 Å². The maximum absolute atomic E-state index is 2.47. The number of nitrogens with zero attached hydrogens (tertiary/aromatic N) is 1. The van der Waals surface area contributed by atoms with Crippen LogP contribution >= 0.6 is 0 Å². The van der Waals surface area contributed by atoms with Gasteiger partial charge in [0.05, 0.1) is 0 Å². The topological polar surface area (TPSA) is 3.24 Å². The third-order valence-corrected chi connectivity index (χ3v) is 14.6. The van der Waals surface area contributed by atoms with Gasteiger partial charge >= 0.3 is 0 Å². The van der Waals surface area contributed by atoms with E-state index in [1.807, 2.05) is 0 Å². The lowest BCUT2D eigenvalue weighted by molar-refractivity contribution is -0.00518. The van der Waals surface area contributed by atoms with E-state index in [0.29, 0.717) is 5.41 Å². The minimum atomic E-state index is 0.443. The van der Waals surface area contributed by atoms with Gasteiger partial charge in [0.1, 0.15) is 0 Å². The number of rotatable bonds is 8. The highest BCUT2D eigenvalue weighted by atomic mass is 15.1. The number of fused-ring (bicyclic) bond motifs is 2. The maximum atomic E-state index is 2.47. The van der Waals surface area contributed by atoms with Crippen LogP contribution in [0.2, 0.25) is 0 Å². The molecule has 0 radical (unpaired) electrons. The minimum Gasteiger partial charge on any atom is -0.310 e. The van der Waals surface area contributed by atoms with E-state index in [-0.39, 0.29) is 0 Å². The fourth-order valence-corrected chi connectivity index (χ4v) is 12.2. The molecule has 9 aromatic rings. The molecule has 0 N–H and O–H groups in total. The molecule has 4 aliphatic carbocycles. The van der Waals surface area contributed by atoms with Gasteiger partial charge < -0.3 is 4.90 Å². The second kappa shape index (κ2) is 14.8. The molecule has 4 saturated carbocycles. The summed E-state index contributed by atoms with van der Waals surface area (Å²) in [5.41, 5.74) is 15.3. The predicted octanol–water partition coefficient (Wildman–Crippen LogP) is 16.6. The predicted molar refractivity (Wildman–Crippen MR) is 258 cm³/mol. The van der Waals surface area contributed by atoms with Gasteiger partial charge in [-0.2, -0.15) is 0 Å². The fourth-order valence-electron chi connectivity index (χ4n) is 12.2. The third kappa shape index (κ3) is 6.55. The van der Waals surface area contributed by atoms with Crippen LogP contribution in [0.25, 0.3) is 66.1 Å². The first-order valence-corrected chi connectivity index (χ1v) is 22.4. The smallest absolute Gasteiger partial charge is 0.0467 e. The molecule has 0 unspecified atom stereocenters. The quantitative estimate of drug-likeness (QED) is 0.148. The van der Waals surface area contributed by atoms with Crippen molar-refractivity contribution in [2.75, 3.05) is 4.90 Å². The molecule has 0 atom stereocenters. The summed E-state index contributed by atoms with van der Waals surface area (Å²) in [5, 5.41) is 5.02. The third-order valence-electron chi connectivity index (χ3n) is 14.6. The Morgan fingerprint density at radius 3 is 1.20 bits per heavy atom. The zero-order valence-corrected chi connectivity index (χ0v) is 34.6. The van der Waals surface area contributed by atoms with Crippen molar-refractivity contribution in [2.24, 2.45) is 17.8 Å². The van der Waals surface area contributed by atoms with Crippen LogP contribution < -0.4 is 4.90 Å². The first-order chi connectivity index (χ1) is 30.1. The number of hydrogen-bond donors (Lipinski definition) is 0. The van der Waals surface area contributed by atoms with Crippen LogP contribution in [0.15, 0.2) is 206 Å².